The van der Waals surface area contributed by atoms with Crippen molar-refractivity contribution in [3.05, 3.63) is 58.6 Å². The molecule has 152 valence electrons. The van der Waals surface area contributed by atoms with Crippen LogP contribution in [-0.2, 0) is 15.8 Å². The monoisotopic (exact) mass is 425 g/mol. The van der Waals surface area contributed by atoms with Crippen molar-refractivity contribution in [1.82, 2.24) is 4.90 Å². The Balaban J connectivity index is 1.91. The molecule has 2 aromatic carbocycles. The first kappa shape index (κ1) is 22.0. The van der Waals surface area contributed by atoms with E-state index in [0.717, 1.165) is 11.0 Å². The zero-order valence-corrected chi connectivity index (χ0v) is 15.8. The minimum absolute atomic E-state index is 0.0999. The molecule has 0 spiro atoms. The second kappa shape index (κ2) is 9.30. The maximum atomic E-state index is 12.9. The van der Waals surface area contributed by atoms with Crippen LogP contribution in [0.25, 0.3) is 0 Å². The van der Waals surface area contributed by atoms with Crippen LogP contribution in [0.15, 0.2) is 42.5 Å². The Bertz CT molecular complexity index is 958. The highest BCUT2D eigenvalue weighted by molar-refractivity contribution is 6.31. The molecule has 0 atom stereocenters. The number of hydrogen-bond donors (Lipinski definition) is 1. The van der Waals surface area contributed by atoms with Gasteiger partial charge in [-0.05, 0) is 36.4 Å². The minimum Gasteiger partial charge on any atom is -0.484 e. The third-order valence-electron chi connectivity index (χ3n) is 3.69. The van der Waals surface area contributed by atoms with E-state index in [1.54, 1.807) is 18.2 Å². The van der Waals surface area contributed by atoms with Gasteiger partial charge in [0.15, 0.2) is 6.61 Å². The molecule has 0 bridgehead atoms. The number of carbonyl (C=O) groups excluding carboxylic acids is 2. The Morgan fingerprint density at radius 2 is 1.97 bits per heavy atom. The van der Waals surface area contributed by atoms with Crippen molar-refractivity contribution >= 4 is 29.1 Å². The number of hydrogen-bond acceptors (Lipinski definition) is 4. The summed E-state index contributed by atoms with van der Waals surface area (Å²) in [5.74, 6) is -0.909. The lowest BCUT2D eigenvalue weighted by molar-refractivity contribution is -0.137. The number of carbonyl (C=O) groups is 2. The molecule has 0 radical (unpaired) electrons. The predicted octanol–water partition coefficient (Wildman–Crippen LogP) is 3.71. The van der Waals surface area contributed by atoms with Crippen molar-refractivity contribution in [3.8, 4) is 11.8 Å². The largest absolute Gasteiger partial charge is 0.484 e. The summed E-state index contributed by atoms with van der Waals surface area (Å²) in [6.45, 7) is -0.776. The maximum Gasteiger partial charge on any atom is 0.417 e. The van der Waals surface area contributed by atoms with Crippen LogP contribution >= 0.6 is 11.6 Å². The smallest absolute Gasteiger partial charge is 0.417 e. The van der Waals surface area contributed by atoms with E-state index in [0.29, 0.717) is 17.4 Å². The third kappa shape index (κ3) is 6.40. The van der Waals surface area contributed by atoms with Crippen LogP contribution in [0.1, 0.15) is 11.1 Å². The van der Waals surface area contributed by atoms with Gasteiger partial charge < -0.3 is 15.0 Å². The number of likely N-dealkylation sites (N-methyl/N-ethyl adjacent to an activating group) is 1. The molecule has 0 aliphatic rings. The van der Waals surface area contributed by atoms with Crippen LogP contribution in [0.3, 0.4) is 0 Å². The van der Waals surface area contributed by atoms with Crippen LogP contribution in [0, 0.1) is 11.3 Å². The molecular weight excluding hydrogens is 411 g/mol. The van der Waals surface area contributed by atoms with Gasteiger partial charge in [-0.3, -0.25) is 9.59 Å². The van der Waals surface area contributed by atoms with E-state index >= 15 is 0 Å². The second-order valence-corrected chi connectivity index (χ2v) is 6.33. The van der Waals surface area contributed by atoms with Crippen molar-refractivity contribution in [2.45, 2.75) is 6.18 Å². The van der Waals surface area contributed by atoms with Crippen LogP contribution in [0.5, 0.6) is 5.75 Å². The van der Waals surface area contributed by atoms with Crippen molar-refractivity contribution in [2.75, 3.05) is 25.5 Å². The number of alkyl halides is 3. The summed E-state index contributed by atoms with van der Waals surface area (Å²) >= 11 is 5.53. The van der Waals surface area contributed by atoms with Gasteiger partial charge in [-0.25, -0.2) is 0 Å². The molecule has 2 amide bonds. The van der Waals surface area contributed by atoms with Gasteiger partial charge in [0.05, 0.1) is 28.8 Å². The topological polar surface area (TPSA) is 82.4 Å². The number of anilines is 1. The van der Waals surface area contributed by atoms with Crippen LogP contribution in [0.4, 0.5) is 18.9 Å². The van der Waals surface area contributed by atoms with Gasteiger partial charge in [0.25, 0.3) is 5.91 Å². The van der Waals surface area contributed by atoms with Crippen molar-refractivity contribution < 1.29 is 27.5 Å². The molecule has 2 aromatic rings. The van der Waals surface area contributed by atoms with E-state index in [9.17, 15) is 22.8 Å². The Labute approximate surface area is 169 Å². The van der Waals surface area contributed by atoms with Gasteiger partial charge >= 0.3 is 6.18 Å². The van der Waals surface area contributed by atoms with Crippen LogP contribution in [-0.4, -0.2) is 36.9 Å². The van der Waals surface area contributed by atoms with Gasteiger partial charge in [0.1, 0.15) is 5.75 Å². The zero-order valence-electron chi connectivity index (χ0n) is 15.1. The highest BCUT2D eigenvalue weighted by Gasteiger charge is 2.33. The lowest BCUT2D eigenvalue weighted by atomic mass is 10.2. The van der Waals surface area contributed by atoms with Gasteiger partial charge in [-0.1, -0.05) is 17.7 Å². The highest BCUT2D eigenvalue weighted by atomic mass is 35.5. The van der Waals surface area contributed by atoms with Crippen molar-refractivity contribution in [1.29, 1.82) is 5.26 Å². The molecule has 10 heteroatoms. The predicted molar refractivity (Wildman–Crippen MR) is 99.4 cm³/mol. The molecule has 0 saturated heterocycles. The molecule has 29 heavy (non-hydrogen) atoms. The summed E-state index contributed by atoms with van der Waals surface area (Å²) in [5.41, 5.74) is -0.810. The summed E-state index contributed by atoms with van der Waals surface area (Å²) in [6.07, 6.45) is -4.66. The van der Waals surface area contributed by atoms with Crippen LogP contribution in [0.2, 0.25) is 5.02 Å². The lowest BCUT2D eigenvalue weighted by Gasteiger charge is -2.17. The number of amides is 2. The number of nitrogens with one attached hydrogen (secondary N) is 1. The van der Waals surface area contributed by atoms with E-state index in [4.69, 9.17) is 21.6 Å². The van der Waals surface area contributed by atoms with Gasteiger partial charge in [0, 0.05) is 12.7 Å². The number of benzene rings is 2. The number of ether oxygens (including phenoxy) is 1. The number of rotatable bonds is 6. The van der Waals surface area contributed by atoms with E-state index in [1.807, 2.05) is 6.07 Å². The third-order valence-corrected chi connectivity index (χ3v) is 4.02. The van der Waals surface area contributed by atoms with E-state index in [2.05, 4.69) is 5.32 Å². The first-order chi connectivity index (χ1) is 13.6. The molecule has 2 rings (SSSR count). The van der Waals surface area contributed by atoms with Gasteiger partial charge in [-0.2, -0.15) is 18.4 Å². The number of nitrogens with zero attached hydrogens (tertiary/aromatic N) is 2. The van der Waals surface area contributed by atoms with Crippen molar-refractivity contribution in [2.24, 2.45) is 0 Å². The van der Waals surface area contributed by atoms with Crippen molar-refractivity contribution in [3.63, 3.8) is 0 Å². The molecule has 0 aliphatic heterocycles. The highest BCUT2D eigenvalue weighted by Crippen LogP contribution is 2.36. The fraction of sp³-hybridized carbons (Fsp3) is 0.211. The average Bonchev–Trinajstić information content (AvgIpc) is 2.66. The fourth-order valence-electron chi connectivity index (χ4n) is 2.24. The van der Waals surface area contributed by atoms with E-state index in [1.165, 1.54) is 19.2 Å². The Morgan fingerprint density at radius 1 is 1.24 bits per heavy atom. The average molecular weight is 426 g/mol. The quantitative estimate of drug-likeness (QED) is 0.765. The molecule has 0 heterocycles. The molecule has 0 aromatic heterocycles. The summed E-state index contributed by atoms with van der Waals surface area (Å²) in [6, 6.07) is 11.1. The zero-order chi connectivity index (χ0) is 21.6. The first-order valence-corrected chi connectivity index (χ1v) is 8.51. The summed E-state index contributed by atoms with van der Waals surface area (Å²) < 4.78 is 43.9. The van der Waals surface area contributed by atoms with E-state index < -0.39 is 35.1 Å². The lowest BCUT2D eigenvalue weighted by Crippen LogP contribution is -2.37. The molecule has 1 N–H and O–H groups in total. The second-order valence-electron chi connectivity index (χ2n) is 5.92. The molecule has 6 nitrogen and oxygen atoms in total. The molecular formula is C19H15ClF3N3O3. The SMILES string of the molecule is CN(CC(=O)Nc1ccc(Cl)c(C(F)(F)F)c1)C(=O)COc1cccc(C#N)c1. The Morgan fingerprint density at radius 3 is 2.62 bits per heavy atom. The fourth-order valence-corrected chi connectivity index (χ4v) is 2.46. The summed E-state index contributed by atoms with van der Waals surface area (Å²) in [5, 5.41) is 10.6. The van der Waals surface area contributed by atoms with Crippen LogP contribution < -0.4 is 10.1 Å². The first-order valence-electron chi connectivity index (χ1n) is 8.13. The molecule has 0 fully saturated rings. The molecule has 0 saturated carbocycles. The van der Waals surface area contributed by atoms with E-state index in [-0.39, 0.29) is 12.3 Å². The Kier molecular flexibility index (Phi) is 7.07. The molecule has 0 unspecified atom stereocenters. The summed E-state index contributed by atoms with van der Waals surface area (Å²) in [4.78, 5) is 25.2. The molecule has 0 aliphatic carbocycles. The minimum atomic E-state index is -4.66. The number of halogens is 4. The number of nitriles is 1. The summed E-state index contributed by atoms with van der Waals surface area (Å²) in [7, 11) is 1.35. The standard InChI is InChI=1S/C19H15ClF3N3O3/c1-26(18(28)11-29-14-4-2-3-12(7-14)9-24)10-17(27)25-13-5-6-16(20)15(8-13)19(21,22)23/h2-8H,10-11H2,1H3,(H,25,27). The van der Waals surface area contributed by atoms with Gasteiger partial charge in [0.2, 0.25) is 5.91 Å². The Hall–Kier alpha value is -3.25. The van der Waals surface area contributed by atoms with Gasteiger partial charge in [-0.15, -0.1) is 0 Å². The normalized spacial score (nSPS) is 10.8. The maximum absolute atomic E-state index is 12.9.